The molecule has 0 aromatic rings. The van der Waals surface area contributed by atoms with Crippen molar-refractivity contribution < 1.29 is 14.7 Å². The molecule has 1 aliphatic carbocycles. The number of hydrogen-bond acceptors (Lipinski definition) is 3. The van der Waals surface area contributed by atoms with Gasteiger partial charge in [-0.1, -0.05) is 0 Å². The van der Waals surface area contributed by atoms with Crippen LogP contribution in [-0.4, -0.2) is 66.2 Å². The Balaban J connectivity index is 1.82. The molecule has 6 heteroatoms. The van der Waals surface area contributed by atoms with Gasteiger partial charge in [0.2, 0.25) is 0 Å². The van der Waals surface area contributed by atoms with Crippen molar-refractivity contribution in [1.29, 1.82) is 0 Å². The van der Waals surface area contributed by atoms with Crippen LogP contribution < -0.4 is 5.32 Å². The molecule has 2 rings (SSSR count). The summed E-state index contributed by atoms with van der Waals surface area (Å²) in [4.78, 5) is 27.4. The molecule has 1 heterocycles. The number of amides is 2. The largest absolute Gasteiger partial charge is 0.481 e. The summed E-state index contributed by atoms with van der Waals surface area (Å²) < 4.78 is 0. The van der Waals surface area contributed by atoms with E-state index >= 15 is 0 Å². The van der Waals surface area contributed by atoms with Crippen molar-refractivity contribution in [3.63, 3.8) is 0 Å². The molecule has 2 amide bonds. The van der Waals surface area contributed by atoms with Crippen LogP contribution in [0, 0.1) is 5.41 Å². The molecule has 0 spiro atoms. The molecule has 120 valence electrons. The molecule has 21 heavy (non-hydrogen) atoms. The lowest BCUT2D eigenvalue weighted by molar-refractivity contribution is -0.150. The Morgan fingerprint density at radius 1 is 1.19 bits per heavy atom. The van der Waals surface area contributed by atoms with Gasteiger partial charge in [-0.05, 0) is 53.1 Å². The first-order valence-corrected chi connectivity index (χ1v) is 7.73. The fraction of sp³-hybridized carbons (Fsp3) is 0.867. The van der Waals surface area contributed by atoms with Crippen LogP contribution in [0.1, 0.15) is 39.0 Å². The van der Waals surface area contributed by atoms with Crippen molar-refractivity contribution in [3.05, 3.63) is 0 Å². The highest BCUT2D eigenvalue weighted by molar-refractivity contribution is 5.77. The Morgan fingerprint density at radius 3 is 2.14 bits per heavy atom. The lowest BCUT2D eigenvalue weighted by atomic mass is 9.75. The number of nitrogens with one attached hydrogen (secondary N) is 1. The van der Waals surface area contributed by atoms with E-state index in [-0.39, 0.29) is 11.6 Å². The van der Waals surface area contributed by atoms with Gasteiger partial charge in [-0.15, -0.1) is 0 Å². The Hall–Kier alpha value is -1.30. The van der Waals surface area contributed by atoms with E-state index in [0.717, 1.165) is 12.8 Å². The highest BCUT2D eigenvalue weighted by atomic mass is 16.4. The number of aliphatic carboxylic acids is 1. The number of hydrogen-bond donors (Lipinski definition) is 2. The van der Waals surface area contributed by atoms with Crippen LogP contribution in [-0.2, 0) is 4.79 Å². The van der Waals surface area contributed by atoms with Gasteiger partial charge in [0.15, 0.2) is 0 Å². The maximum atomic E-state index is 12.2. The van der Waals surface area contributed by atoms with Crippen LogP contribution in [0.5, 0.6) is 0 Å². The highest BCUT2D eigenvalue weighted by Gasteiger charge is 2.41. The summed E-state index contributed by atoms with van der Waals surface area (Å²) in [6.45, 7) is 3.47. The summed E-state index contributed by atoms with van der Waals surface area (Å²) in [6.07, 6.45) is 4.51. The number of likely N-dealkylation sites (tertiary alicyclic amines) is 1. The van der Waals surface area contributed by atoms with Crippen LogP contribution >= 0.6 is 0 Å². The fourth-order valence-corrected chi connectivity index (χ4v) is 3.14. The summed E-state index contributed by atoms with van der Waals surface area (Å²) in [5.41, 5.74) is -0.573. The molecule has 0 aromatic heterocycles. The highest BCUT2D eigenvalue weighted by Crippen LogP contribution is 2.35. The van der Waals surface area contributed by atoms with E-state index in [4.69, 9.17) is 0 Å². The zero-order valence-electron chi connectivity index (χ0n) is 13.3. The molecule has 2 aliphatic rings. The molecule has 0 unspecified atom stereocenters. The molecular weight excluding hydrogens is 270 g/mol. The van der Waals surface area contributed by atoms with Crippen LogP contribution in [0.25, 0.3) is 0 Å². The van der Waals surface area contributed by atoms with Gasteiger partial charge >= 0.3 is 12.0 Å². The second-order valence-corrected chi connectivity index (χ2v) is 6.98. The molecule has 0 radical (unpaired) electrons. The van der Waals surface area contributed by atoms with Gasteiger partial charge < -0.3 is 20.2 Å². The van der Waals surface area contributed by atoms with E-state index in [9.17, 15) is 14.7 Å². The van der Waals surface area contributed by atoms with E-state index in [1.165, 1.54) is 6.42 Å². The van der Waals surface area contributed by atoms with Crippen LogP contribution in [0.2, 0.25) is 0 Å². The third kappa shape index (κ3) is 3.15. The summed E-state index contributed by atoms with van der Waals surface area (Å²) in [5.74, 6) is -0.761. The van der Waals surface area contributed by atoms with Crippen molar-refractivity contribution in [2.24, 2.45) is 5.41 Å². The Bertz CT molecular complexity index is 410. The third-order valence-corrected chi connectivity index (χ3v) is 5.47. The van der Waals surface area contributed by atoms with Crippen molar-refractivity contribution >= 4 is 12.0 Å². The standard InChI is InChI=1S/C15H27N3O3/c1-14(12(19)20)7-9-18(10-8-14)13(21)16-11-15(17(2)3)5-4-6-15/h4-11H2,1-3H3,(H,16,21)(H,19,20). The van der Waals surface area contributed by atoms with Gasteiger partial charge in [0.1, 0.15) is 0 Å². The normalized spacial score (nSPS) is 23.5. The van der Waals surface area contributed by atoms with Gasteiger partial charge in [-0.3, -0.25) is 4.79 Å². The first-order chi connectivity index (χ1) is 9.79. The Labute approximate surface area is 126 Å². The Morgan fingerprint density at radius 2 is 1.76 bits per heavy atom. The van der Waals surface area contributed by atoms with Crippen molar-refractivity contribution in [3.8, 4) is 0 Å². The van der Waals surface area contributed by atoms with Gasteiger partial charge in [-0.25, -0.2) is 4.79 Å². The molecule has 0 aromatic carbocycles. The SMILES string of the molecule is CN(C)C1(CNC(=O)N2CCC(C)(C(=O)O)CC2)CCC1. The maximum Gasteiger partial charge on any atom is 0.317 e. The van der Waals surface area contributed by atoms with E-state index in [0.29, 0.717) is 32.5 Å². The minimum absolute atomic E-state index is 0.0597. The van der Waals surface area contributed by atoms with Crippen LogP contribution in [0.3, 0.4) is 0 Å². The minimum Gasteiger partial charge on any atom is -0.481 e. The molecule has 6 nitrogen and oxygen atoms in total. The number of carbonyl (C=O) groups excluding carboxylic acids is 1. The lowest BCUT2D eigenvalue weighted by Crippen LogP contribution is -2.59. The molecule has 0 atom stereocenters. The number of carbonyl (C=O) groups is 2. The van der Waals surface area contributed by atoms with E-state index < -0.39 is 11.4 Å². The van der Waals surface area contributed by atoms with Gasteiger partial charge in [-0.2, -0.15) is 0 Å². The van der Waals surface area contributed by atoms with Gasteiger partial charge in [0.25, 0.3) is 0 Å². The number of likely N-dealkylation sites (N-methyl/N-ethyl adjacent to an activating group) is 1. The first kappa shape index (κ1) is 16.1. The number of piperidine rings is 1. The van der Waals surface area contributed by atoms with Gasteiger partial charge in [0, 0.05) is 25.2 Å². The lowest BCUT2D eigenvalue weighted by Gasteiger charge is -2.47. The van der Waals surface area contributed by atoms with Gasteiger partial charge in [0.05, 0.1) is 5.41 Å². The number of rotatable bonds is 4. The maximum absolute atomic E-state index is 12.2. The van der Waals surface area contributed by atoms with Crippen molar-refractivity contribution in [1.82, 2.24) is 15.1 Å². The Kier molecular flexibility index (Phi) is 4.46. The molecule has 1 saturated carbocycles. The second kappa shape index (κ2) is 5.83. The molecule has 0 bridgehead atoms. The topological polar surface area (TPSA) is 72.9 Å². The quantitative estimate of drug-likeness (QED) is 0.822. The molecule has 1 saturated heterocycles. The van der Waals surface area contributed by atoms with Crippen molar-refractivity contribution in [2.75, 3.05) is 33.7 Å². The van der Waals surface area contributed by atoms with E-state index in [1.807, 2.05) is 0 Å². The minimum atomic E-state index is -0.761. The first-order valence-electron chi connectivity index (χ1n) is 7.73. The molecule has 2 fully saturated rings. The average molecular weight is 297 g/mol. The number of carboxylic acids is 1. The average Bonchev–Trinajstić information content (AvgIpc) is 2.37. The fourth-order valence-electron chi connectivity index (χ4n) is 3.14. The second-order valence-electron chi connectivity index (χ2n) is 6.98. The number of nitrogens with zero attached hydrogens (tertiary/aromatic N) is 2. The summed E-state index contributed by atoms with van der Waals surface area (Å²) in [5, 5.41) is 12.2. The summed E-state index contributed by atoms with van der Waals surface area (Å²) in [6, 6.07) is -0.0597. The zero-order chi connectivity index (χ0) is 15.7. The molecule has 1 aliphatic heterocycles. The molecular formula is C15H27N3O3. The van der Waals surface area contributed by atoms with Crippen molar-refractivity contribution in [2.45, 2.75) is 44.6 Å². The predicted molar refractivity (Wildman–Crippen MR) is 80.2 cm³/mol. The predicted octanol–water partition coefficient (Wildman–Crippen LogP) is 1.37. The summed E-state index contributed by atoms with van der Waals surface area (Å²) >= 11 is 0. The number of carboxylic acid groups (broad SMARTS) is 1. The number of urea groups is 1. The van der Waals surface area contributed by atoms with E-state index in [2.05, 4.69) is 24.3 Å². The monoisotopic (exact) mass is 297 g/mol. The van der Waals surface area contributed by atoms with Crippen LogP contribution in [0.15, 0.2) is 0 Å². The molecule has 2 N–H and O–H groups in total. The zero-order valence-corrected chi connectivity index (χ0v) is 13.3. The third-order valence-electron chi connectivity index (χ3n) is 5.47. The summed E-state index contributed by atoms with van der Waals surface area (Å²) in [7, 11) is 4.12. The van der Waals surface area contributed by atoms with Crippen LogP contribution in [0.4, 0.5) is 4.79 Å². The van der Waals surface area contributed by atoms with E-state index in [1.54, 1.807) is 11.8 Å². The smallest absolute Gasteiger partial charge is 0.317 e.